The molecule has 0 saturated heterocycles. The first-order chi connectivity index (χ1) is 7.82. The summed E-state index contributed by atoms with van der Waals surface area (Å²) in [5, 5.41) is 2.47. The molecule has 3 nitrogen and oxygen atoms in total. The molecule has 0 bridgehead atoms. The van der Waals surface area contributed by atoms with Crippen LogP contribution in [-0.4, -0.2) is 28.1 Å². The largest absolute Gasteiger partial charge is 0.323 e. The Morgan fingerprint density at radius 2 is 1.88 bits per heavy atom. The lowest BCUT2D eigenvalue weighted by Crippen LogP contribution is -2.44. The van der Waals surface area contributed by atoms with E-state index >= 15 is 0 Å². The topological polar surface area (TPSA) is 32.3 Å². The van der Waals surface area contributed by atoms with Gasteiger partial charge in [-0.3, -0.25) is 4.90 Å². The summed E-state index contributed by atoms with van der Waals surface area (Å²) >= 11 is 16.1. The number of carbonyl (C=O) groups excluding carboxylic acids is 1. The van der Waals surface area contributed by atoms with Crippen molar-refractivity contribution in [2.75, 3.05) is 12.4 Å². The first-order valence-corrected chi connectivity index (χ1v) is 5.75. The highest BCUT2D eigenvalue weighted by Gasteiger charge is 2.38. The Morgan fingerprint density at radius 3 is 2.35 bits per heavy atom. The molecule has 0 heterocycles. The average molecular weight is 300 g/mol. The molecule has 0 aromatic heterocycles. The van der Waals surface area contributed by atoms with Gasteiger partial charge in [-0.15, -0.1) is 0 Å². The van der Waals surface area contributed by atoms with E-state index in [2.05, 4.69) is 5.32 Å². The Balaban J connectivity index is 2.65. The third-order valence-electron chi connectivity index (χ3n) is 1.96. The van der Waals surface area contributed by atoms with Crippen molar-refractivity contribution in [2.45, 2.75) is 10.1 Å². The van der Waals surface area contributed by atoms with Crippen LogP contribution < -0.4 is 5.32 Å². The molecule has 1 rings (SSSR count). The minimum atomic E-state index is -2.18. The maximum Gasteiger partial charge on any atom is 0.323 e. The molecule has 0 spiro atoms. The number of halogens is 4. The van der Waals surface area contributed by atoms with Gasteiger partial charge < -0.3 is 5.32 Å². The van der Waals surface area contributed by atoms with Crippen LogP contribution in [0.1, 0.15) is 0 Å². The smallest absolute Gasteiger partial charge is 0.308 e. The zero-order valence-electron chi connectivity index (χ0n) is 8.83. The van der Waals surface area contributed by atoms with Gasteiger partial charge in [0.15, 0.2) is 0 Å². The van der Waals surface area contributed by atoms with E-state index in [9.17, 15) is 9.18 Å². The number of amides is 2. The number of hydrogen-bond acceptors (Lipinski definition) is 1. The van der Waals surface area contributed by atoms with Crippen molar-refractivity contribution < 1.29 is 9.18 Å². The second kappa shape index (κ2) is 5.76. The number of rotatable bonds is 2. The quantitative estimate of drug-likeness (QED) is 0.653. The number of carbonyl (C=O) groups is 1. The van der Waals surface area contributed by atoms with Gasteiger partial charge >= 0.3 is 6.03 Å². The predicted octanol–water partition coefficient (Wildman–Crippen LogP) is 3.82. The highest BCUT2D eigenvalue weighted by molar-refractivity contribution is 6.68. The highest BCUT2D eigenvalue weighted by Crippen LogP contribution is 2.33. The van der Waals surface area contributed by atoms with E-state index in [1.807, 2.05) is 0 Å². The molecule has 7 heteroatoms. The third-order valence-corrected chi connectivity index (χ3v) is 2.50. The molecule has 0 aliphatic rings. The Morgan fingerprint density at radius 1 is 1.35 bits per heavy atom. The third kappa shape index (κ3) is 4.22. The predicted molar refractivity (Wildman–Crippen MR) is 68.4 cm³/mol. The Hall–Kier alpha value is -0.710. The Labute approximate surface area is 113 Å². The number of benzene rings is 1. The van der Waals surface area contributed by atoms with E-state index < -0.39 is 16.1 Å². The van der Waals surface area contributed by atoms with Gasteiger partial charge in [-0.2, -0.15) is 0 Å². The summed E-state index contributed by atoms with van der Waals surface area (Å²) in [6.45, 7) is 0. The molecule has 2 amide bonds. The van der Waals surface area contributed by atoms with Gasteiger partial charge in [0.05, 0.1) is 0 Å². The summed E-state index contributed by atoms with van der Waals surface area (Å²) in [7, 11) is 1.20. The van der Waals surface area contributed by atoms with Crippen molar-refractivity contribution >= 4 is 46.5 Å². The van der Waals surface area contributed by atoms with Crippen molar-refractivity contribution in [1.29, 1.82) is 0 Å². The molecule has 0 aliphatic carbocycles. The van der Waals surface area contributed by atoms with Crippen molar-refractivity contribution in [2.24, 2.45) is 0 Å². The molecular formula is C10H10Cl3FN2O. The fourth-order valence-corrected chi connectivity index (χ4v) is 1.49. The van der Waals surface area contributed by atoms with Crippen LogP contribution in [0.3, 0.4) is 0 Å². The number of nitrogens with one attached hydrogen (secondary N) is 1. The van der Waals surface area contributed by atoms with Crippen LogP contribution in [0.25, 0.3) is 0 Å². The number of nitrogens with zero attached hydrogens (tertiary/aromatic N) is 1. The molecule has 1 unspecified atom stereocenters. The second-order valence-corrected chi connectivity index (χ2v) is 5.65. The van der Waals surface area contributed by atoms with Crippen LogP contribution >= 0.6 is 34.8 Å². The van der Waals surface area contributed by atoms with Crippen LogP contribution in [0.5, 0.6) is 0 Å². The van der Waals surface area contributed by atoms with Gasteiger partial charge in [-0.1, -0.05) is 53.0 Å². The highest BCUT2D eigenvalue weighted by atomic mass is 35.6. The van der Waals surface area contributed by atoms with E-state index in [1.165, 1.54) is 7.05 Å². The summed E-state index contributed by atoms with van der Waals surface area (Å²) in [4.78, 5) is 12.3. The lowest BCUT2D eigenvalue weighted by molar-refractivity contribution is 0.137. The van der Waals surface area contributed by atoms with Crippen molar-refractivity contribution in [3.63, 3.8) is 0 Å². The van der Waals surface area contributed by atoms with Gasteiger partial charge in [0.1, 0.15) is 0 Å². The van der Waals surface area contributed by atoms with E-state index in [0.29, 0.717) is 10.6 Å². The van der Waals surface area contributed by atoms with Crippen LogP contribution in [0.15, 0.2) is 30.3 Å². The summed E-state index contributed by atoms with van der Waals surface area (Å²) in [6.07, 6.45) is -2.03. The molecule has 1 aromatic rings. The van der Waals surface area contributed by atoms with E-state index in [0.717, 1.165) is 0 Å². The molecule has 1 N–H and O–H groups in total. The van der Waals surface area contributed by atoms with Crippen LogP contribution in [0.2, 0.25) is 0 Å². The molecule has 94 valence electrons. The van der Waals surface area contributed by atoms with Gasteiger partial charge in [-0.05, 0) is 12.1 Å². The summed E-state index contributed by atoms with van der Waals surface area (Å²) in [5.74, 6) is 0. The maximum atomic E-state index is 13.5. The zero-order chi connectivity index (χ0) is 13.1. The van der Waals surface area contributed by atoms with Crippen LogP contribution in [0.4, 0.5) is 14.9 Å². The molecule has 1 atom stereocenters. The molecule has 0 saturated carbocycles. The number of para-hydroxylation sites is 1. The van der Waals surface area contributed by atoms with Crippen molar-refractivity contribution in [3.05, 3.63) is 30.3 Å². The van der Waals surface area contributed by atoms with E-state index in [-0.39, 0.29) is 0 Å². The van der Waals surface area contributed by atoms with Gasteiger partial charge in [-0.25, -0.2) is 9.18 Å². The van der Waals surface area contributed by atoms with Crippen LogP contribution in [-0.2, 0) is 0 Å². The monoisotopic (exact) mass is 298 g/mol. The summed E-state index contributed by atoms with van der Waals surface area (Å²) in [6, 6.07) is 7.88. The van der Waals surface area contributed by atoms with Crippen molar-refractivity contribution in [1.82, 2.24) is 4.90 Å². The standard InChI is InChI=1S/C10H10Cl3FN2O/c1-16(8(14)10(11,12)13)9(17)15-7-5-3-2-4-6-7/h2-6,8H,1H3,(H,15,17). The van der Waals surface area contributed by atoms with Crippen LogP contribution in [0, 0.1) is 0 Å². The second-order valence-electron chi connectivity index (χ2n) is 3.28. The molecule has 0 fully saturated rings. The lowest BCUT2D eigenvalue weighted by atomic mass is 10.3. The SMILES string of the molecule is CN(C(=O)Nc1ccccc1)C(F)C(Cl)(Cl)Cl. The average Bonchev–Trinajstić information content (AvgIpc) is 2.27. The van der Waals surface area contributed by atoms with Gasteiger partial charge in [0.2, 0.25) is 10.1 Å². The number of alkyl halides is 4. The number of hydrogen-bond donors (Lipinski definition) is 1. The molecular weight excluding hydrogens is 289 g/mol. The lowest BCUT2D eigenvalue weighted by Gasteiger charge is -2.26. The Bertz CT molecular complexity index is 383. The fourth-order valence-electron chi connectivity index (χ4n) is 1.06. The van der Waals surface area contributed by atoms with Crippen molar-refractivity contribution in [3.8, 4) is 0 Å². The van der Waals surface area contributed by atoms with E-state index in [1.54, 1.807) is 30.3 Å². The normalized spacial score (nSPS) is 13.0. The minimum absolute atomic E-state index is 0.529. The molecule has 17 heavy (non-hydrogen) atoms. The summed E-state index contributed by atoms with van der Waals surface area (Å²) in [5.41, 5.74) is 0.529. The van der Waals surface area contributed by atoms with Gasteiger partial charge in [0, 0.05) is 12.7 Å². The Kier molecular flexibility index (Phi) is 4.86. The minimum Gasteiger partial charge on any atom is -0.308 e. The van der Waals surface area contributed by atoms with E-state index in [4.69, 9.17) is 34.8 Å². The first-order valence-electron chi connectivity index (χ1n) is 4.62. The molecule has 0 aliphatic heterocycles. The maximum absolute atomic E-state index is 13.5. The molecule has 1 aromatic carbocycles. The first kappa shape index (κ1) is 14.4. The van der Waals surface area contributed by atoms with Gasteiger partial charge in [0.25, 0.3) is 0 Å². The fraction of sp³-hybridized carbons (Fsp3) is 0.300. The number of anilines is 1. The summed E-state index contributed by atoms with van der Waals surface area (Å²) < 4.78 is 11.3. The number of urea groups is 1. The zero-order valence-corrected chi connectivity index (χ0v) is 11.1. The molecule has 0 radical (unpaired) electrons.